The third-order valence-electron chi connectivity index (χ3n) is 2.51. The van der Waals surface area contributed by atoms with Gasteiger partial charge in [-0.15, -0.1) is 12.4 Å². The third kappa shape index (κ3) is 0.767. The fourth-order valence-corrected chi connectivity index (χ4v) is 1.51. The lowest BCUT2D eigenvalue weighted by Crippen LogP contribution is -2.63. The van der Waals surface area contributed by atoms with Crippen LogP contribution in [0, 0.1) is 5.41 Å². The van der Waals surface area contributed by atoms with Crippen LogP contribution in [0.1, 0.15) is 12.8 Å². The van der Waals surface area contributed by atoms with Crippen molar-refractivity contribution in [1.29, 1.82) is 0 Å². The largest absolute Gasteiger partial charge is 0.315 e. The zero-order valence-electron chi connectivity index (χ0n) is 5.19. The molecule has 54 valence electrons. The van der Waals surface area contributed by atoms with Crippen molar-refractivity contribution in [3.63, 3.8) is 0 Å². The predicted molar refractivity (Wildman–Crippen MR) is 36.7 cm³/mol. The third-order valence-corrected chi connectivity index (χ3v) is 2.51. The maximum atomic E-state index is 12.6. The van der Waals surface area contributed by atoms with Crippen molar-refractivity contribution in [3.05, 3.63) is 0 Å². The maximum Gasteiger partial charge on any atom is 0.108 e. The summed E-state index contributed by atoms with van der Waals surface area (Å²) in [5, 5.41) is 3.09. The highest BCUT2D eigenvalue weighted by Gasteiger charge is 2.51. The summed E-state index contributed by atoms with van der Waals surface area (Å²) in [6.07, 6.45) is 1.44. The van der Waals surface area contributed by atoms with Crippen LogP contribution in [0.5, 0.6) is 0 Å². The Morgan fingerprint density at radius 2 is 2.11 bits per heavy atom. The van der Waals surface area contributed by atoms with E-state index in [9.17, 15) is 4.39 Å². The molecule has 1 aliphatic heterocycles. The van der Waals surface area contributed by atoms with Crippen LogP contribution in [-0.4, -0.2) is 19.3 Å². The molecule has 1 atom stereocenters. The van der Waals surface area contributed by atoms with E-state index in [1.54, 1.807) is 0 Å². The summed E-state index contributed by atoms with van der Waals surface area (Å²) in [5.74, 6) is 0. The Balaban J connectivity index is 0.000000405. The quantitative estimate of drug-likeness (QED) is 0.548. The number of nitrogens with one attached hydrogen (secondary N) is 1. The minimum absolute atomic E-state index is 0. The first-order chi connectivity index (χ1) is 3.83. The van der Waals surface area contributed by atoms with Crippen molar-refractivity contribution in [2.75, 3.05) is 13.1 Å². The van der Waals surface area contributed by atoms with Crippen LogP contribution in [0.25, 0.3) is 0 Å². The van der Waals surface area contributed by atoms with Gasteiger partial charge < -0.3 is 5.32 Å². The lowest BCUT2D eigenvalue weighted by atomic mass is 9.63. The molecule has 1 saturated heterocycles. The molecule has 1 unspecified atom stereocenters. The van der Waals surface area contributed by atoms with Gasteiger partial charge in [-0.1, -0.05) is 0 Å². The van der Waals surface area contributed by atoms with E-state index in [4.69, 9.17) is 0 Å². The molecule has 1 saturated carbocycles. The molecular formula is C6H11ClFN. The molecular weight excluding hydrogens is 141 g/mol. The van der Waals surface area contributed by atoms with E-state index in [1.807, 2.05) is 0 Å². The second-order valence-corrected chi connectivity index (χ2v) is 2.97. The lowest BCUT2D eigenvalue weighted by Gasteiger charge is -2.52. The van der Waals surface area contributed by atoms with Crippen LogP contribution < -0.4 is 5.32 Å². The standard InChI is InChI=1S/C6H10FN.ClH/c7-5-1-2-6(5)3-8-4-6;/h5,8H,1-4H2;1H. The molecule has 1 aliphatic carbocycles. The highest BCUT2D eigenvalue weighted by molar-refractivity contribution is 5.85. The number of halogens is 2. The molecule has 1 nitrogen and oxygen atoms in total. The van der Waals surface area contributed by atoms with Gasteiger partial charge in [0.2, 0.25) is 0 Å². The van der Waals surface area contributed by atoms with Gasteiger partial charge >= 0.3 is 0 Å². The Morgan fingerprint density at radius 1 is 1.44 bits per heavy atom. The van der Waals surface area contributed by atoms with Crippen molar-refractivity contribution < 1.29 is 4.39 Å². The van der Waals surface area contributed by atoms with E-state index in [1.165, 1.54) is 0 Å². The summed E-state index contributed by atoms with van der Waals surface area (Å²) in [7, 11) is 0. The van der Waals surface area contributed by atoms with Crippen LogP contribution in [0.15, 0.2) is 0 Å². The van der Waals surface area contributed by atoms with E-state index < -0.39 is 6.17 Å². The van der Waals surface area contributed by atoms with Gasteiger partial charge in [-0.05, 0) is 12.8 Å². The Kier molecular flexibility index (Phi) is 1.70. The molecule has 0 aromatic carbocycles. The summed E-state index contributed by atoms with van der Waals surface area (Å²) in [4.78, 5) is 0. The number of rotatable bonds is 0. The number of alkyl halides is 1. The van der Waals surface area contributed by atoms with E-state index in [0.717, 1.165) is 25.9 Å². The van der Waals surface area contributed by atoms with Crippen LogP contribution in [0.3, 0.4) is 0 Å². The molecule has 0 bridgehead atoms. The number of hydrogen-bond acceptors (Lipinski definition) is 1. The average Bonchev–Trinajstić information content (AvgIpc) is 1.58. The van der Waals surface area contributed by atoms with Crippen LogP contribution in [0.2, 0.25) is 0 Å². The molecule has 1 N–H and O–H groups in total. The summed E-state index contributed by atoms with van der Waals surface area (Å²) in [5.41, 5.74) is 0.125. The summed E-state index contributed by atoms with van der Waals surface area (Å²) >= 11 is 0. The fraction of sp³-hybridized carbons (Fsp3) is 1.00. The molecule has 0 aromatic rings. The molecule has 2 rings (SSSR count). The second kappa shape index (κ2) is 2.10. The van der Waals surface area contributed by atoms with Crippen LogP contribution in [0.4, 0.5) is 4.39 Å². The van der Waals surface area contributed by atoms with Gasteiger partial charge in [-0.25, -0.2) is 4.39 Å². The highest BCUT2D eigenvalue weighted by Crippen LogP contribution is 2.46. The Hall–Kier alpha value is 0.180. The first kappa shape index (κ1) is 7.29. The maximum absolute atomic E-state index is 12.6. The first-order valence-electron chi connectivity index (χ1n) is 3.18. The summed E-state index contributed by atoms with van der Waals surface area (Å²) in [6.45, 7) is 1.85. The van der Waals surface area contributed by atoms with Crippen molar-refractivity contribution in [1.82, 2.24) is 5.32 Å². The zero-order chi connectivity index (χ0) is 5.61. The van der Waals surface area contributed by atoms with Crippen LogP contribution >= 0.6 is 12.4 Å². The monoisotopic (exact) mass is 151 g/mol. The first-order valence-corrected chi connectivity index (χ1v) is 3.18. The van der Waals surface area contributed by atoms with Crippen molar-refractivity contribution in [3.8, 4) is 0 Å². The minimum atomic E-state index is -0.483. The van der Waals surface area contributed by atoms with Gasteiger partial charge in [0.15, 0.2) is 0 Å². The molecule has 2 fully saturated rings. The van der Waals surface area contributed by atoms with Crippen molar-refractivity contribution in [2.45, 2.75) is 19.0 Å². The molecule has 0 radical (unpaired) electrons. The Labute approximate surface area is 60.4 Å². The van der Waals surface area contributed by atoms with E-state index in [-0.39, 0.29) is 17.8 Å². The predicted octanol–water partition coefficient (Wildman–Crippen LogP) is 1.13. The molecule has 0 amide bonds. The van der Waals surface area contributed by atoms with Crippen LogP contribution in [-0.2, 0) is 0 Å². The molecule has 2 aliphatic rings. The summed E-state index contributed by atoms with van der Waals surface area (Å²) < 4.78 is 12.6. The van der Waals surface area contributed by atoms with Gasteiger partial charge in [0.05, 0.1) is 0 Å². The molecule has 1 spiro atoms. The molecule has 0 aromatic heterocycles. The summed E-state index contributed by atoms with van der Waals surface area (Å²) in [6, 6.07) is 0. The van der Waals surface area contributed by atoms with Gasteiger partial charge in [-0.2, -0.15) is 0 Å². The molecule has 1 heterocycles. The number of hydrogen-bond donors (Lipinski definition) is 1. The van der Waals surface area contributed by atoms with Gasteiger partial charge in [0, 0.05) is 18.5 Å². The molecule has 9 heavy (non-hydrogen) atoms. The average molecular weight is 152 g/mol. The second-order valence-electron chi connectivity index (χ2n) is 2.97. The minimum Gasteiger partial charge on any atom is -0.315 e. The normalized spacial score (nSPS) is 36.3. The van der Waals surface area contributed by atoms with Crippen molar-refractivity contribution >= 4 is 12.4 Å². The lowest BCUT2D eigenvalue weighted by molar-refractivity contribution is -0.0457. The fourth-order valence-electron chi connectivity index (χ4n) is 1.51. The Bertz CT molecular complexity index is 108. The highest BCUT2D eigenvalue weighted by atomic mass is 35.5. The van der Waals surface area contributed by atoms with E-state index in [0.29, 0.717) is 0 Å². The SMILES string of the molecule is Cl.FC1CCC12CNC2. The van der Waals surface area contributed by atoms with Gasteiger partial charge in [0.25, 0.3) is 0 Å². The molecule has 3 heteroatoms. The van der Waals surface area contributed by atoms with E-state index >= 15 is 0 Å². The van der Waals surface area contributed by atoms with Crippen molar-refractivity contribution in [2.24, 2.45) is 5.41 Å². The zero-order valence-corrected chi connectivity index (χ0v) is 6.01. The smallest absolute Gasteiger partial charge is 0.108 e. The van der Waals surface area contributed by atoms with E-state index in [2.05, 4.69) is 5.32 Å². The topological polar surface area (TPSA) is 12.0 Å². The van der Waals surface area contributed by atoms with Gasteiger partial charge in [0.1, 0.15) is 6.17 Å². The Morgan fingerprint density at radius 3 is 2.11 bits per heavy atom. The van der Waals surface area contributed by atoms with Gasteiger partial charge in [-0.3, -0.25) is 0 Å².